The summed E-state index contributed by atoms with van der Waals surface area (Å²) in [4.78, 5) is 63.9. The summed E-state index contributed by atoms with van der Waals surface area (Å²) in [5.74, 6) is 5.04. The molecule has 6 aromatic heterocycles. The largest absolute Gasteiger partial charge is 0.344 e. The van der Waals surface area contributed by atoms with Crippen molar-refractivity contribution in [1.82, 2.24) is 53.7 Å². The lowest BCUT2D eigenvalue weighted by atomic mass is 10.0. The van der Waals surface area contributed by atoms with Gasteiger partial charge in [-0.1, -0.05) is 121 Å². The Hall–Kier alpha value is -10.1. The number of hydrogen-bond acceptors (Lipinski definition) is 10. The summed E-state index contributed by atoms with van der Waals surface area (Å²) in [5.41, 5.74) is 7.30. The molecule has 0 unspecified atom stereocenters. The maximum Gasteiger partial charge on any atom is 0.264 e. The fourth-order valence-electron chi connectivity index (χ4n) is 9.63. The van der Waals surface area contributed by atoms with E-state index in [1.165, 1.54) is 0 Å². The van der Waals surface area contributed by atoms with E-state index in [2.05, 4.69) is 47.4 Å². The maximum absolute atomic E-state index is 14.2. The third-order valence-corrected chi connectivity index (χ3v) is 14.0. The number of rotatable bonds is 12. The molecular weight excluding hydrogens is 1030 g/mol. The highest BCUT2D eigenvalue weighted by molar-refractivity contribution is 7.88. The summed E-state index contributed by atoms with van der Waals surface area (Å²) in [6.07, 6.45) is 11.8. The molecular formula is C62H53N11O6S. The summed E-state index contributed by atoms with van der Waals surface area (Å²) < 4.78 is 31.5. The average Bonchev–Trinajstić information content (AvgIpc) is 4.03. The molecule has 5 aromatic carbocycles. The average molecular weight is 1080 g/mol. The highest BCUT2D eigenvalue weighted by atomic mass is 32.2. The van der Waals surface area contributed by atoms with Gasteiger partial charge in [0.05, 0.1) is 47.0 Å². The van der Waals surface area contributed by atoms with Gasteiger partial charge in [0.25, 0.3) is 22.9 Å². The summed E-state index contributed by atoms with van der Waals surface area (Å²) >= 11 is 0. The summed E-state index contributed by atoms with van der Waals surface area (Å²) in [7, 11) is -3.39. The number of pyridine rings is 2. The third kappa shape index (κ3) is 11.2. The van der Waals surface area contributed by atoms with Crippen molar-refractivity contribution in [2.24, 2.45) is 0 Å². The Bertz CT molecular complexity index is 4500. The van der Waals surface area contributed by atoms with Crippen LogP contribution in [0.3, 0.4) is 0 Å². The number of amides is 2. The quantitative estimate of drug-likeness (QED) is 0.0783. The first kappa shape index (κ1) is 53.3. The molecule has 11 aromatic rings. The highest BCUT2D eigenvalue weighted by Crippen LogP contribution is 2.27. The van der Waals surface area contributed by atoms with E-state index < -0.39 is 22.1 Å². The van der Waals surface area contributed by atoms with E-state index in [1.807, 2.05) is 153 Å². The monoisotopic (exact) mass is 1080 g/mol. The molecule has 18 heteroatoms. The maximum atomic E-state index is 14.2. The number of fused-ring (bicyclic) bond motifs is 4. The standard InChI is InChI=1S/C33H27N5O2.C29H26N6O4S/c1-22(35-32(39)29-23(2)36-37-20-10-19-34-31(29)37)28-21-26-14-9-13-25(18-17-24-11-5-3-6-12-24)30(26)33(40)38(28)27-15-7-4-8-16-27;1-19(32-28(36)25-20(2)33-34-17-9-15-30-27(25)34)24-18-22-11-7-10-21(12-8-16-31-40(3,38)39)26(22)29(37)35(24)23-13-5-4-6-14-23/h3-22H,1-2H3,(H,35,39);4-7,9-11,13-15,17-19,31H,16H2,1-3H3,(H,32,36)/b18-17+;/t22-;19-/m00/s1. The number of carbonyl (C=O) groups excluding carboxylic acids is 2. The summed E-state index contributed by atoms with van der Waals surface area (Å²) in [6.45, 7) is 7.15. The van der Waals surface area contributed by atoms with E-state index >= 15 is 0 Å². The summed E-state index contributed by atoms with van der Waals surface area (Å²) in [5, 5.41) is 17.4. The Kier molecular flexibility index (Phi) is 15.2. The smallest absolute Gasteiger partial charge is 0.264 e. The van der Waals surface area contributed by atoms with Crippen molar-refractivity contribution >= 4 is 66.8 Å². The van der Waals surface area contributed by atoms with Crippen molar-refractivity contribution in [3.8, 4) is 23.2 Å². The Morgan fingerprint density at radius 1 is 0.600 bits per heavy atom. The van der Waals surface area contributed by atoms with E-state index in [4.69, 9.17) is 0 Å². The van der Waals surface area contributed by atoms with E-state index in [0.717, 1.165) is 28.5 Å². The lowest BCUT2D eigenvalue weighted by Gasteiger charge is -2.21. The Balaban J connectivity index is 0.000000180. The fourth-order valence-corrected chi connectivity index (χ4v) is 9.96. The molecule has 0 saturated carbocycles. The number of aryl methyl sites for hydroxylation is 2. The predicted molar refractivity (Wildman–Crippen MR) is 311 cm³/mol. The van der Waals surface area contributed by atoms with Crippen molar-refractivity contribution < 1.29 is 18.0 Å². The molecule has 0 saturated heterocycles. The minimum atomic E-state index is -3.39. The van der Waals surface area contributed by atoms with Crippen LogP contribution in [0.5, 0.6) is 0 Å². The fraction of sp³-hybridized carbons (Fsp3) is 0.129. The molecule has 6 heterocycles. The lowest BCUT2D eigenvalue weighted by molar-refractivity contribution is 0.0931. The van der Waals surface area contributed by atoms with E-state index in [-0.39, 0.29) is 29.5 Å². The van der Waals surface area contributed by atoms with Crippen LogP contribution in [-0.2, 0) is 10.0 Å². The first-order valence-electron chi connectivity index (χ1n) is 25.5. The molecule has 0 bridgehead atoms. The Labute approximate surface area is 460 Å². The zero-order valence-corrected chi connectivity index (χ0v) is 45.0. The van der Waals surface area contributed by atoms with Gasteiger partial charge in [-0.3, -0.25) is 28.3 Å². The number of nitrogens with one attached hydrogen (secondary N) is 3. The van der Waals surface area contributed by atoms with Crippen LogP contribution in [0.25, 0.3) is 56.4 Å². The van der Waals surface area contributed by atoms with E-state index in [1.54, 1.807) is 81.1 Å². The minimum absolute atomic E-state index is 0.0823. The zero-order valence-electron chi connectivity index (χ0n) is 44.2. The first-order valence-corrected chi connectivity index (χ1v) is 27.4. The van der Waals surface area contributed by atoms with Crippen LogP contribution in [0.15, 0.2) is 186 Å². The van der Waals surface area contributed by atoms with Crippen molar-refractivity contribution in [1.29, 1.82) is 0 Å². The zero-order chi connectivity index (χ0) is 56.1. The SMILES string of the molecule is Cc1nn2cccnc2c1C(=O)N[C@@H](C)c1cc2cccc(/C=C/c3ccccc3)c2c(=O)n1-c1ccccc1.Cc1nn2cccnc2c1C(=O)N[C@@H](C)c1cc2cccc(C#CCNS(C)(=O)=O)c2c(=O)n1-c1ccccc1. The van der Waals surface area contributed by atoms with Gasteiger partial charge >= 0.3 is 0 Å². The van der Waals surface area contributed by atoms with Gasteiger partial charge in [-0.05, 0) is 104 Å². The van der Waals surface area contributed by atoms with Crippen LogP contribution in [0.2, 0.25) is 0 Å². The molecule has 80 heavy (non-hydrogen) atoms. The molecule has 0 fully saturated rings. The molecule has 2 atom stereocenters. The van der Waals surface area contributed by atoms with Crippen LogP contribution in [-0.4, -0.2) is 71.4 Å². The van der Waals surface area contributed by atoms with Gasteiger partial charge in [-0.2, -0.15) is 10.2 Å². The predicted octanol–water partition coefficient (Wildman–Crippen LogP) is 8.74. The second-order valence-corrected chi connectivity index (χ2v) is 20.7. The molecule has 17 nitrogen and oxygen atoms in total. The van der Waals surface area contributed by atoms with E-state index in [9.17, 15) is 27.6 Å². The number of hydrogen-bond donors (Lipinski definition) is 3. The second-order valence-electron chi connectivity index (χ2n) is 18.9. The number of sulfonamides is 1. The molecule has 0 aliphatic rings. The van der Waals surface area contributed by atoms with Crippen molar-refractivity contribution in [2.75, 3.05) is 12.8 Å². The molecule has 0 aliphatic carbocycles. The molecule has 0 spiro atoms. The van der Waals surface area contributed by atoms with Gasteiger partial charge in [0.1, 0.15) is 11.1 Å². The minimum Gasteiger partial charge on any atom is -0.344 e. The number of benzene rings is 5. The summed E-state index contributed by atoms with van der Waals surface area (Å²) in [6, 6.07) is 46.0. The van der Waals surface area contributed by atoms with Gasteiger partial charge in [0.2, 0.25) is 10.0 Å². The number of aromatic nitrogens is 8. The van der Waals surface area contributed by atoms with Crippen molar-refractivity contribution in [3.05, 3.63) is 248 Å². The molecule has 3 N–H and O–H groups in total. The lowest BCUT2D eigenvalue weighted by Crippen LogP contribution is -2.32. The highest BCUT2D eigenvalue weighted by Gasteiger charge is 2.25. The van der Waals surface area contributed by atoms with Gasteiger partial charge in [0, 0.05) is 53.1 Å². The van der Waals surface area contributed by atoms with Crippen LogP contribution in [0, 0.1) is 25.7 Å². The van der Waals surface area contributed by atoms with Crippen LogP contribution >= 0.6 is 0 Å². The molecule has 398 valence electrons. The molecule has 2 amide bonds. The molecule has 0 radical (unpaired) electrons. The Morgan fingerprint density at radius 2 is 1.07 bits per heavy atom. The normalized spacial score (nSPS) is 12.2. The van der Waals surface area contributed by atoms with Gasteiger partial charge in [0.15, 0.2) is 11.3 Å². The van der Waals surface area contributed by atoms with Crippen LogP contribution in [0.4, 0.5) is 0 Å². The second kappa shape index (κ2) is 22.9. The molecule has 11 rings (SSSR count). The van der Waals surface area contributed by atoms with Gasteiger partial charge in [-0.15, -0.1) is 0 Å². The third-order valence-electron chi connectivity index (χ3n) is 13.3. The first-order chi connectivity index (χ1) is 38.6. The number of para-hydroxylation sites is 2. The van der Waals surface area contributed by atoms with Crippen LogP contribution in [0.1, 0.15) is 86.1 Å². The van der Waals surface area contributed by atoms with E-state index in [0.29, 0.717) is 72.6 Å². The number of nitrogens with zero attached hydrogens (tertiary/aromatic N) is 8. The topological polar surface area (TPSA) is 209 Å². The van der Waals surface area contributed by atoms with Gasteiger partial charge < -0.3 is 10.6 Å². The van der Waals surface area contributed by atoms with Crippen molar-refractivity contribution in [2.45, 2.75) is 39.8 Å². The van der Waals surface area contributed by atoms with Gasteiger partial charge in [-0.25, -0.2) is 32.1 Å². The van der Waals surface area contributed by atoms with Crippen LogP contribution < -0.4 is 26.5 Å². The van der Waals surface area contributed by atoms with Crippen molar-refractivity contribution in [3.63, 3.8) is 0 Å². The Morgan fingerprint density at radius 3 is 1.59 bits per heavy atom. The number of carbonyl (C=O) groups is 2. The molecule has 0 aliphatic heterocycles.